The van der Waals surface area contributed by atoms with E-state index in [0.717, 1.165) is 19.3 Å². The summed E-state index contributed by atoms with van der Waals surface area (Å²) in [5, 5.41) is 0. The number of hydrogen-bond acceptors (Lipinski definition) is 3. The van der Waals surface area contributed by atoms with Gasteiger partial charge in [0.1, 0.15) is 4.99 Å². The maximum atomic E-state index is 12.5. The van der Waals surface area contributed by atoms with Gasteiger partial charge in [0.15, 0.2) is 0 Å². The Labute approximate surface area is 132 Å². The number of nitrogens with one attached hydrogen (secondary N) is 1. The number of sulfonamides is 1. The summed E-state index contributed by atoms with van der Waals surface area (Å²) in [5.74, 6) is 0. The minimum atomic E-state index is -3.50. The van der Waals surface area contributed by atoms with Gasteiger partial charge in [0.2, 0.25) is 10.0 Å². The van der Waals surface area contributed by atoms with Gasteiger partial charge in [-0.2, -0.15) is 0 Å². The van der Waals surface area contributed by atoms with Crippen LogP contribution < -0.4 is 10.5 Å². The van der Waals surface area contributed by atoms with E-state index in [2.05, 4.69) is 18.6 Å². The van der Waals surface area contributed by atoms with Gasteiger partial charge in [0.05, 0.1) is 4.90 Å². The molecule has 0 heterocycles. The Morgan fingerprint density at radius 2 is 2.10 bits per heavy atom. The average Bonchev–Trinajstić information content (AvgIpc) is 2.67. The van der Waals surface area contributed by atoms with Gasteiger partial charge in [-0.1, -0.05) is 32.1 Å². The molecule has 1 aliphatic rings. The van der Waals surface area contributed by atoms with Crippen LogP contribution in [0.4, 0.5) is 0 Å². The van der Waals surface area contributed by atoms with Crippen molar-refractivity contribution < 1.29 is 8.42 Å². The smallest absolute Gasteiger partial charge is 0.241 e. The van der Waals surface area contributed by atoms with Crippen LogP contribution in [0, 0.1) is 12.3 Å². The fraction of sp³-hybridized carbons (Fsp3) is 0.533. The lowest BCUT2D eigenvalue weighted by molar-refractivity contribution is 0.372. The van der Waals surface area contributed by atoms with Crippen molar-refractivity contribution in [2.75, 3.05) is 0 Å². The number of thiocarbonyl (C=S) groups is 1. The van der Waals surface area contributed by atoms with Gasteiger partial charge in [0.25, 0.3) is 0 Å². The van der Waals surface area contributed by atoms with Crippen molar-refractivity contribution in [3.05, 3.63) is 29.3 Å². The van der Waals surface area contributed by atoms with E-state index < -0.39 is 10.0 Å². The van der Waals surface area contributed by atoms with Crippen LogP contribution in [0.1, 0.15) is 44.2 Å². The van der Waals surface area contributed by atoms with Crippen LogP contribution in [-0.4, -0.2) is 19.4 Å². The molecule has 1 aliphatic carbocycles. The molecule has 1 fully saturated rings. The van der Waals surface area contributed by atoms with E-state index in [1.54, 1.807) is 25.1 Å². The number of benzene rings is 1. The highest BCUT2D eigenvalue weighted by Crippen LogP contribution is 2.37. The molecule has 1 aromatic rings. The average molecular weight is 326 g/mol. The maximum Gasteiger partial charge on any atom is 0.241 e. The fourth-order valence-corrected chi connectivity index (χ4v) is 4.55. The third kappa shape index (κ3) is 3.81. The summed E-state index contributed by atoms with van der Waals surface area (Å²) in [7, 11) is -3.50. The first kappa shape index (κ1) is 16.4. The van der Waals surface area contributed by atoms with E-state index in [4.69, 9.17) is 18.0 Å². The largest absolute Gasteiger partial charge is 0.389 e. The highest BCUT2D eigenvalue weighted by Gasteiger charge is 2.33. The topological polar surface area (TPSA) is 72.2 Å². The molecular formula is C15H22N2O2S2. The summed E-state index contributed by atoms with van der Waals surface area (Å²) in [6.07, 6.45) is 2.80. The van der Waals surface area contributed by atoms with Crippen molar-refractivity contribution in [1.82, 2.24) is 4.72 Å². The van der Waals surface area contributed by atoms with Gasteiger partial charge in [-0.3, -0.25) is 0 Å². The van der Waals surface area contributed by atoms with Crippen LogP contribution in [-0.2, 0) is 10.0 Å². The first-order chi connectivity index (χ1) is 9.61. The zero-order valence-electron chi connectivity index (χ0n) is 12.6. The summed E-state index contributed by atoms with van der Waals surface area (Å²) in [6.45, 7) is 6.10. The highest BCUT2D eigenvalue weighted by molar-refractivity contribution is 7.89. The molecule has 3 N–H and O–H groups in total. The minimum Gasteiger partial charge on any atom is -0.389 e. The highest BCUT2D eigenvalue weighted by atomic mass is 32.2. The van der Waals surface area contributed by atoms with E-state index in [9.17, 15) is 8.42 Å². The maximum absolute atomic E-state index is 12.5. The van der Waals surface area contributed by atoms with E-state index in [1.165, 1.54) is 0 Å². The van der Waals surface area contributed by atoms with Crippen molar-refractivity contribution in [2.45, 2.75) is 51.0 Å². The molecule has 0 bridgehead atoms. The monoisotopic (exact) mass is 326 g/mol. The minimum absolute atomic E-state index is 0.0136. The lowest BCUT2D eigenvalue weighted by Crippen LogP contribution is -2.34. The second-order valence-corrected chi connectivity index (χ2v) is 8.69. The molecule has 0 aromatic heterocycles. The van der Waals surface area contributed by atoms with E-state index in [-0.39, 0.29) is 16.4 Å². The molecule has 0 amide bonds. The normalized spacial score (nSPS) is 21.4. The third-order valence-corrected chi connectivity index (χ3v) is 5.96. The molecule has 0 saturated heterocycles. The molecule has 6 heteroatoms. The Hall–Kier alpha value is -0.980. The Kier molecular flexibility index (Phi) is 4.42. The van der Waals surface area contributed by atoms with Crippen LogP contribution in [0.2, 0.25) is 0 Å². The second kappa shape index (κ2) is 5.66. The molecule has 1 atom stereocenters. The molecule has 21 heavy (non-hydrogen) atoms. The van der Waals surface area contributed by atoms with E-state index in [1.807, 2.05) is 0 Å². The Bertz CT molecular complexity index is 666. The van der Waals surface area contributed by atoms with Crippen LogP contribution in [0.15, 0.2) is 23.1 Å². The molecule has 2 rings (SSSR count). The zero-order valence-corrected chi connectivity index (χ0v) is 14.3. The standard InChI is InChI=1S/C15H22N2O2S2/c1-10-8-11(14(16)20)4-5-13(10)21(18,19)17-12-6-7-15(2,3)9-12/h4-5,8,12,17H,6-7,9H2,1-3H3,(H2,16,20). The van der Waals surface area contributed by atoms with E-state index in [0.29, 0.717) is 16.0 Å². The quantitative estimate of drug-likeness (QED) is 0.834. The Morgan fingerprint density at radius 3 is 2.57 bits per heavy atom. The molecular weight excluding hydrogens is 304 g/mol. The van der Waals surface area contributed by atoms with Crippen LogP contribution >= 0.6 is 12.2 Å². The van der Waals surface area contributed by atoms with Crippen molar-refractivity contribution in [3.63, 3.8) is 0 Å². The van der Waals surface area contributed by atoms with Gasteiger partial charge in [0, 0.05) is 11.6 Å². The summed E-state index contributed by atoms with van der Waals surface area (Å²) < 4.78 is 27.9. The summed E-state index contributed by atoms with van der Waals surface area (Å²) in [5.41, 5.74) is 7.12. The van der Waals surface area contributed by atoms with Gasteiger partial charge in [-0.05, 0) is 49.3 Å². The summed E-state index contributed by atoms with van der Waals surface area (Å²) >= 11 is 4.91. The fourth-order valence-electron chi connectivity index (χ4n) is 2.92. The SMILES string of the molecule is Cc1cc(C(N)=S)ccc1S(=O)(=O)NC1CCC(C)(C)C1. The Balaban J connectivity index is 2.22. The summed E-state index contributed by atoms with van der Waals surface area (Å²) in [4.78, 5) is 0.569. The molecule has 4 nitrogen and oxygen atoms in total. The lowest BCUT2D eigenvalue weighted by atomic mass is 9.92. The van der Waals surface area contributed by atoms with Gasteiger partial charge >= 0.3 is 0 Å². The molecule has 116 valence electrons. The first-order valence-electron chi connectivity index (χ1n) is 7.03. The number of hydrogen-bond donors (Lipinski definition) is 2. The third-order valence-electron chi connectivity index (χ3n) is 4.04. The number of aryl methyl sites for hydroxylation is 1. The van der Waals surface area contributed by atoms with Gasteiger partial charge in [-0.25, -0.2) is 13.1 Å². The van der Waals surface area contributed by atoms with Crippen LogP contribution in [0.3, 0.4) is 0 Å². The van der Waals surface area contributed by atoms with Crippen molar-refractivity contribution in [2.24, 2.45) is 11.1 Å². The predicted octanol–water partition coefficient (Wildman–Crippen LogP) is 2.49. The van der Waals surface area contributed by atoms with Gasteiger partial charge in [-0.15, -0.1) is 0 Å². The van der Waals surface area contributed by atoms with Gasteiger partial charge < -0.3 is 5.73 Å². The predicted molar refractivity (Wildman–Crippen MR) is 88.8 cm³/mol. The van der Waals surface area contributed by atoms with E-state index >= 15 is 0 Å². The molecule has 0 spiro atoms. The molecule has 0 radical (unpaired) electrons. The van der Waals surface area contributed by atoms with Crippen LogP contribution in [0.25, 0.3) is 0 Å². The zero-order chi connectivity index (χ0) is 15.8. The van der Waals surface area contributed by atoms with Crippen molar-refractivity contribution >= 4 is 27.2 Å². The molecule has 1 saturated carbocycles. The molecule has 1 unspecified atom stereocenters. The van der Waals surface area contributed by atoms with Crippen LogP contribution in [0.5, 0.6) is 0 Å². The molecule has 0 aliphatic heterocycles. The number of rotatable bonds is 4. The second-order valence-electron chi connectivity index (χ2n) is 6.57. The number of nitrogens with two attached hydrogens (primary N) is 1. The lowest BCUT2D eigenvalue weighted by Gasteiger charge is -2.18. The van der Waals surface area contributed by atoms with Crippen molar-refractivity contribution in [3.8, 4) is 0 Å². The Morgan fingerprint density at radius 1 is 1.43 bits per heavy atom. The first-order valence-corrected chi connectivity index (χ1v) is 8.93. The molecule has 1 aromatic carbocycles. The summed E-state index contributed by atoms with van der Waals surface area (Å²) in [6, 6.07) is 4.96. The van der Waals surface area contributed by atoms with Crippen molar-refractivity contribution in [1.29, 1.82) is 0 Å².